The molecule has 3 nitrogen and oxygen atoms in total. The van der Waals surface area contributed by atoms with Gasteiger partial charge in [-0.25, -0.2) is 9.78 Å². The minimum atomic E-state index is -0.392. The zero-order valence-electron chi connectivity index (χ0n) is 15.6. The quantitative estimate of drug-likeness (QED) is 0.275. The summed E-state index contributed by atoms with van der Waals surface area (Å²) in [6.45, 7) is 0. The third kappa shape index (κ3) is 3.23. The predicted octanol–water partition coefficient (Wildman–Crippen LogP) is 6.27. The Morgan fingerprint density at radius 2 is 1.38 bits per heavy atom. The fraction of sp³-hybridized carbons (Fsp3) is 0. The number of fused-ring (bicyclic) bond motifs is 2. The van der Waals surface area contributed by atoms with E-state index in [-0.39, 0.29) is 0 Å². The van der Waals surface area contributed by atoms with Crippen molar-refractivity contribution >= 4 is 27.6 Å². The van der Waals surface area contributed by atoms with Crippen LogP contribution >= 0.6 is 0 Å². The van der Waals surface area contributed by atoms with Crippen LogP contribution in [0.1, 0.15) is 10.4 Å². The van der Waals surface area contributed by atoms with E-state index in [2.05, 4.69) is 0 Å². The van der Waals surface area contributed by atoms with Crippen LogP contribution in [0.3, 0.4) is 0 Å². The molecule has 0 N–H and O–H groups in total. The van der Waals surface area contributed by atoms with Gasteiger partial charge >= 0.3 is 5.97 Å². The Morgan fingerprint density at radius 3 is 2.24 bits per heavy atom. The Morgan fingerprint density at radius 1 is 0.690 bits per heavy atom. The standard InChI is InChI=1S/C26H17NO2/c28-26(29-25-16-8-12-18-9-4-5-13-20(18)25)22-17-24(19-10-2-1-3-11-19)27-23-15-7-6-14-21(22)23/h1-17H. The number of carbonyl (C=O) groups excluding carboxylic acids is 1. The zero-order valence-corrected chi connectivity index (χ0v) is 15.6. The van der Waals surface area contributed by atoms with E-state index in [1.165, 1.54) is 0 Å². The lowest BCUT2D eigenvalue weighted by Gasteiger charge is -2.11. The van der Waals surface area contributed by atoms with E-state index in [0.717, 1.165) is 32.9 Å². The van der Waals surface area contributed by atoms with Crippen molar-refractivity contribution in [1.29, 1.82) is 0 Å². The Hall–Kier alpha value is -3.98. The van der Waals surface area contributed by atoms with Gasteiger partial charge in [0.1, 0.15) is 5.75 Å². The summed E-state index contributed by atoms with van der Waals surface area (Å²) in [5.41, 5.74) is 2.97. The summed E-state index contributed by atoms with van der Waals surface area (Å²) in [5, 5.41) is 2.71. The van der Waals surface area contributed by atoms with Crippen LogP contribution in [-0.2, 0) is 0 Å². The largest absolute Gasteiger partial charge is 0.422 e. The number of rotatable bonds is 3. The number of nitrogens with zero attached hydrogens (tertiary/aromatic N) is 1. The molecule has 0 aliphatic rings. The first-order valence-corrected chi connectivity index (χ1v) is 9.45. The number of hydrogen-bond donors (Lipinski definition) is 0. The third-order valence-corrected chi connectivity index (χ3v) is 4.96. The van der Waals surface area contributed by atoms with Crippen LogP contribution in [0.4, 0.5) is 0 Å². The molecule has 0 saturated heterocycles. The van der Waals surface area contributed by atoms with Gasteiger partial charge in [0.15, 0.2) is 0 Å². The Balaban J connectivity index is 1.62. The van der Waals surface area contributed by atoms with E-state index in [0.29, 0.717) is 11.3 Å². The smallest absolute Gasteiger partial charge is 0.344 e. The fourth-order valence-corrected chi connectivity index (χ4v) is 3.54. The maximum absolute atomic E-state index is 13.2. The number of hydrogen-bond acceptors (Lipinski definition) is 3. The van der Waals surface area contributed by atoms with Gasteiger partial charge in [-0.2, -0.15) is 0 Å². The number of ether oxygens (including phenoxy) is 1. The van der Waals surface area contributed by atoms with Gasteiger partial charge in [-0.15, -0.1) is 0 Å². The van der Waals surface area contributed by atoms with Crippen LogP contribution in [0.5, 0.6) is 5.75 Å². The van der Waals surface area contributed by atoms with Crippen LogP contribution in [-0.4, -0.2) is 11.0 Å². The SMILES string of the molecule is O=C(Oc1cccc2ccccc12)c1cc(-c2ccccc2)nc2ccccc12. The van der Waals surface area contributed by atoms with Gasteiger partial charge in [-0.1, -0.05) is 84.9 Å². The summed E-state index contributed by atoms with van der Waals surface area (Å²) in [6.07, 6.45) is 0. The molecule has 0 spiro atoms. The molecule has 0 amide bonds. The van der Waals surface area contributed by atoms with E-state index >= 15 is 0 Å². The highest BCUT2D eigenvalue weighted by molar-refractivity contribution is 6.06. The average Bonchev–Trinajstić information content (AvgIpc) is 2.79. The number of benzene rings is 4. The molecule has 138 valence electrons. The first-order chi connectivity index (χ1) is 14.3. The molecule has 0 aliphatic heterocycles. The molecular weight excluding hydrogens is 358 g/mol. The van der Waals surface area contributed by atoms with E-state index in [1.807, 2.05) is 103 Å². The van der Waals surface area contributed by atoms with Crippen molar-refractivity contribution in [3.05, 3.63) is 109 Å². The van der Waals surface area contributed by atoms with E-state index in [1.54, 1.807) is 0 Å². The molecule has 0 unspecified atom stereocenters. The van der Waals surface area contributed by atoms with Crippen LogP contribution < -0.4 is 4.74 Å². The van der Waals surface area contributed by atoms with Crippen molar-refractivity contribution in [2.45, 2.75) is 0 Å². The molecule has 1 aromatic heterocycles. The summed E-state index contributed by atoms with van der Waals surface area (Å²) in [6, 6.07) is 32.9. The second-order valence-electron chi connectivity index (χ2n) is 6.81. The zero-order chi connectivity index (χ0) is 19.6. The van der Waals surface area contributed by atoms with Gasteiger partial charge < -0.3 is 4.74 Å². The summed E-state index contributed by atoms with van der Waals surface area (Å²) in [4.78, 5) is 17.9. The highest BCUT2D eigenvalue weighted by atomic mass is 16.5. The maximum atomic E-state index is 13.2. The van der Waals surface area contributed by atoms with Gasteiger partial charge in [0.05, 0.1) is 16.8 Å². The van der Waals surface area contributed by atoms with Crippen LogP contribution in [0.15, 0.2) is 103 Å². The van der Waals surface area contributed by atoms with E-state index in [9.17, 15) is 4.79 Å². The molecule has 1 heterocycles. The highest BCUT2D eigenvalue weighted by Crippen LogP contribution is 2.29. The van der Waals surface area contributed by atoms with Crippen molar-refractivity contribution in [1.82, 2.24) is 4.98 Å². The molecule has 0 fully saturated rings. The lowest BCUT2D eigenvalue weighted by Crippen LogP contribution is -2.10. The lowest BCUT2D eigenvalue weighted by atomic mass is 10.0. The molecule has 0 bridgehead atoms. The molecule has 0 atom stereocenters. The molecule has 0 radical (unpaired) electrons. The first kappa shape index (κ1) is 17.1. The Labute approximate surface area is 168 Å². The fourth-order valence-electron chi connectivity index (χ4n) is 3.54. The van der Waals surface area contributed by atoms with Crippen molar-refractivity contribution in [3.63, 3.8) is 0 Å². The maximum Gasteiger partial charge on any atom is 0.344 e. The van der Waals surface area contributed by atoms with E-state index < -0.39 is 5.97 Å². The first-order valence-electron chi connectivity index (χ1n) is 9.45. The number of carbonyl (C=O) groups is 1. The Kier molecular flexibility index (Phi) is 4.26. The summed E-state index contributed by atoms with van der Waals surface area (Å²) >= 11 is 0. The average molecular weight is 375 g/mol. The third-order valence-electron chi connectivity index (χ3n) is 4.96. The van der Waals surface area contributed by atoms with Crippen molar-refractivity contribution < 1.29 is 9.53 Å². The molecule has 0 aliphatic carbocycles. The van der Waals surface area contributed by atoms with Gasteiger partial charge in [-0.3, -0.25) is 0 Å². The second-order valence-corrected chi connectivity index (χ2v) is 6.81. The Bertz CT molecular complexity index is 1340. The van der Waals surface area contributed by atoms with Crippen LogP contribution in [0.2, 0.25) is 0 Å². The van der Waals surface area contributed by atoms with Gasteiger partial charge in [0.2, 0.25) is 0 Å². The van der Waals surface area contributed by atoms with Crippen molar-refractivity contribution in [2.24, 2.45) is 0 Å². The van der Waals surface area contributed by atoms with Gasteiger partial charge in [0.25, 0.3) is 0 Å². The molecule has 0 saturated carbocycles. The van der Waals surface area contributed by atoms with Gasteiger partial charge in [0, 0.05) is 16.3 Å². The summed E-state index contributed by atoms with van der Waals surface area (Å²) in [5.74, 6) is 0.160. The number of aromatic nitrogens is 1. The molecule has 5 rings (SSSR count). The molecule has 5 aromatic rings. The molecule has 29 heavy (non-hydrogen) atoms. The lowest BCUT2D eigenvalue weighted by molar-refractivity contribution is 0.0739. The van der Waals surface area contributed by atoms with E-state index in [4.69, 9.17) is 9.72 Å². The normalized spacial score (nSPS) is 10.9. The predicted molar refractivity (Wildman–Crippen MR) is 116 cm³/mol. The number of esters is 1. The number of pyridine rings is 1. The van der Waals surface area contributed by atoms with Gasteiger partial charge in [-0.05, 0) is 23.6 Å². The molecular formula is C26H17NO2. The summed E-state index contributed by atoms with van der Waals surface area (Å²) < 4.78 is 5.85. The second kappa shape index (κ2) is 7.21. The monoisotopic (exact) mass is 375 g/mol. The van der Waals surface area contributed by atoms with Crippen LogP contribution in [0, 0.1) is 0 Å². The summed E-state index contributed by atoms with van der Waals surface area (Å²) in [7, 11) is 0. The minimum Gasteiger partial charge on any atom is -0.422 e. The highest BCUT2D eigenvalue weighted by Gasteiger charge is 2.17. The topological polar surface area (TPSA) is 39.2 Å². The van der Waals surface area contributed by atoms with Crippen molar-refractivity contribution in [3.8, 4) is 17.0 Å². The minimum absolute atomic E-state index is 0.392. The molecule has 4 aromatic carbocycles. The van der Waals surface area contributed by atoms with Crippen molar-refractivity contribution in [2.75, 3.05) is 0 Å². The molecule has 3 heteroatoms. The van der Waals surface area contributed by atoms with Crippen LogP contribution in [0.25, 0.3) is 32.9 Å². The number of para-hydroxylation sites is 1.